The predicted molar refractivity (Wildman–Crippen MR) is 48.6 cm³/mol. The van der Waals surface area contributed by atoms with Crippen LogP contribution in [0.25, 0.3) is 0 Å². The van der Waals surface area contributed by atoms with Crippen molar-refractivity contribution in [2.75, 3.05) is 5.32 Å². The molecule has 1 aromatic rings. The van der Waals surface area contributed by atoms with Gasteiger partial charge in [-0.15, -0.1) is 0 Å². The van der Waals surface area contributed by atoms with Gasteiger partial charge in [-0.2, -0.15) is 0 Å². The fourth-order valence-corrected chi connectivity index (χ4v) is 0.871. The number of aromatic nitrogens is 2. The van der Waals surface area contributed by atoms with Gasteiger partial charge in [0.05, 0.1) is 0 Å². The highest BCUT2D eigenvalue weighted by Gasteiger charge is 2.03. The Balaban J connectivity index is 3.13. The number of carbonyl (C=O) groups is 1. The van der Waals surface area contributed by atoms with Gasteiger partial charge in [-0.25, -0.2) is 4.98 Å². The molecule has 5 nitrogen and oxygen atoms in total. The lowest BCUT2D eigenvalue weighted by molar-refractivity contribution is -0.114. The van der Waals surface area contributed by atoms with E-state index in [4.69, 9.17) is 0 Å². The maximum absolute atomic E-state index is 11.2. The second-order valence-electron chi connectivity index (χ2n) is 2.81. The van der Waals surface area contributed by atoms with Gasteiger partial charge in [0.15, 0.2) is 0 Å². The molecule has 1 rings (SSSR count). The summed E-state index contributed by atoms with van der Waals surface area (Å²) < 4.78 is 0. The lowest BCUT2D eigenvalue weighted by Crippen LogP contribution is -2.18. The summed E-state index contributed by atoms with van der Waals surface area (Å²) in [6.07, 6.45) is 0. The largest absolute Gasteiger partial charge is 0.296 e. The number of nitrogens with one attached hydrogen (secondary N) is 2. The summed E-state index contributed by atoms with van der Waals surface area (Å²) in [4.78, 5) is 28.3. The number of aromatic amines is 1. The molecule has 0 saturated heterocycles. The van der Waals surface area contributed by atoms with Gasteiger partial charge in [0, 0.05) is 18.2 Å². The van der Waals surface area contributed by atoms with E-state index < -0.39 is 0 Å². The number of amides is 1. The van der Waals surface area contributed by atoms with E-state index in [9.17, 15) is 9.59 Å². The third-order valence-electron chi connectivity index (χ3n) is 1.69. The molecule has 0 aliphatic heterocycles. The van der Waals surface area contributed by atoms with Crippen LogP contribution in [0, 0.1) is 13.8 Å². The minimum atomic E-state index is -0.258. The first kappa shape index (κ1) is 9.44. The summed E-state index contributed by atoms with van der Waals surface area (Å²) in [6, 6.07) is 0. The van der Waals surface area contributed by atoms with E-state index in [1.54, 1.807) is 13.8 Å². The first-order valence-electron chi connectivity index (χ1n) is 3.86. The smallest absolute Gasteiger partial charge is 0.255 e. The van der Waals surface area contributed by atoms with Crippen molar-refractivity contribution in [3.8, 4) is 0 Å². The van der Waals surface area contributed by atoms with Crippen LogP contribution in [0.15, 0.2) is 4.79 Å². The second-order valence-corrected chi connectivity index (χ2v) is 2.81. The van der Waals surface area contributed by atoms with Crippen LogP contribution >= 0.6 is 0 Å². The third kappa shape index (κ3) is 2.14. The highest BCUT2D eigenvalue weighted by atomic mass is 16.1. The molecule has 0 atom stereocenters. The standard InChI is InChI=1S/C8H11N3O2/c1-4-5(2)9-8(10-6(3)12)11-7(4)13/h1-3H3,(H2,9,10,11,12,13). The van der Waals surface area contributed by atoms with Crippen molar-refractivity contribution >= 4 is 11.9 Å². The maximum atomic E-state index is 11.2. The Morgan fingerprint density at radius 2 is 2.08 bits per heavy atom. The molecule has 0 saturated carbocycles. The van der Waals surface area contributed by atoms with Gasteiger partial charge in [-0.3, -0.25) is 19.9 Å². The quantitative estimate of drug-likeness (QED) is 0.656. The highest BCUT2D eigenvalue weighted by molar-refractivity contribution is 5.86. The Bertz CT molecular complexity index is 395. The molecule has 70 valence electrons. The first-order chi connectivity index (χ1) is 6.00. The maximum Gasteiger partial charge on any atom is 0.255 e. The number of anilines is 1. The number of aryl methyl sites for hydroxylation is 1. The van der Waals surface area contributed by atoms with Crippen LogP contribution < -0.4 is 10.9 Å². The molecule has 2 N–H and O–H groups in total. The number of hydrogen-bond acceptors (Lipinski definition) is 3. The zero-order chi connectivity index (χ0) is 10.0. The first-order valence-corrected chi connectivity index (χ1v) is 3.86. The van der Waals surface area contributed by atoms with Crippen LogP contribution in [0.2, 0.25) is 0 Å². The molecule has 5 heteroatoms. The van der Waals surface area contributed by atoms with Crippen LogP contribution in [-0.2, 0) is 4.79 Å². The van der Waals surface area contributed by atoms with E-state index in [0.717, 1.165) is 0 Å². The SMILES string of the molecule is CC(=O)Nc1nc(C)c(C)c(=O)[nH]1. The van der Waals surface area contributed by atoms with Crippen molar-refractivity contribution < 1.29 is 4.79 Å². The molecule has 13 heavy (non-hydrogen) atoms. The van der Waals surface area contributed by atoms with E-state index in [1.165, 1.54) is 6.92 Å². The normalized spacial score (nSPS) is 9.77. The van der Waals surface area contributed by atoms with Crippen LogP contribution in [0.1, 0.15) is 18.2 Å². The average molecular weight is 181 g/mol. The molecular formula is C8H11N3O2. The van der Waals surface area contributed by atoms with Gasteiger partial charge in [0.25, 0.3) is 5.56 Å². The van der Waals surface area contributed by atoms with E-state index in [1.807, 2.05) is 0 Å². The molecule has 1 amide bonds. The predicted octanol–water partition coefficient (Wildman–Crippen LogP) is 0.345. The molecule has 0 unspecified atom stereocenters. The molecule has 1 heterocycles. The fraction of sp³-hybridized carbons (Fsp3) is 0.375. The van der Waals surface area contributed by atoms with Gasteiger partial charge in [-0.05, 0) is 13.8 Å². The van der Waals surface area contributed by atoms with E-state index >= 15 is 0 Å². The summed E-state index contributed by atoms with van der Waals surface area (Å²) in [6.45, 7) is 4.75. The second kappa shape index (κ2) is 3.38. The number of rotatable bonds is 1. The number of hydrogen-bond donors (Lipinski definition) is 2. The summed E-state index contributed by atoms with van der Waals surface area (Å²) >= 11 is 0. The van der Waals surface area contributed by atoms with Crippen LogP contribution in [0.5, 0.6) is 0 Å². The molecule has 0 aromatic carbocycles. The summed E-state index contributed by atoms with van der Waals surface area (Å²) in [7, 11) is 0. The number of nitrogens with zero attached hydrogens (tertiary/aromatic N) is 1. The number of H-pyrrole nitrogens is 1. The lowest BCUT2D eigenvalue weighted by atomic mass is 10.3. The molecule has 0 aliphatic carbocycles. The third-order valence-corrected chi connectivity index (χ3v) is 1.69. The fourth-order valence-electron chi connectivity index (χ4n) is 0.871. The number of carbonyl (C=O) groups excluding carboxylic acids is 1. The van der Waals surface area contributed by atoms with Crippen molar-refractivity contribution in [1.29, 1.82) is 0 Å². The van der Waals surface area contributed by atoms with Gasteiger partial charge < -0.3 is 0 Å². The van der Waals surface area contributed by atoms with Crippen LogP contribution in [-0.4, -0.2) is 15.9 Å². The van der Waals surface area contributed by atoms with Gasteiger partial charge in [-0.1, -0.05) is 0 Å². The van der Waals surface area contributed by atoms with Gasteiger partial charge in [0.1, 0.15) is 0 Å². The average Bonchev–Trinajstić information content (AvgIpc) is 1.98. The van der Waals surface area contributed by atoms with Crippen molar-refractivity contribution in [2.45, 2.75) is 20.8 Å². The molecule has 0 radical (unpaired) electrons. The van der Waals surface area contributed by atoms with Crippen molar-refractivity contribution in [3.05, 3.63) is 21.6 Å². The Morgan fingerprint density at radius 1 is 1.46 bits per heavy atom. The highest BCUT2D eigenvalue weighted by Crippen LogP contribution is 1.99. The molecule has 0 fully saturated rings. The van der Waals surface area contributed by atoms with Crippen LogP contribution in [0.3, 0.4) is 0 Å². The minimum Gasteiger partial charge on any atom is -0.296 e. The lowest BCUT2D eigenvalue weighted by Gasteiger charge is -2.03. The van der Waals surface area contributed by atoms with Crippen molar-refractivity contribution in [2.24, 2.45) is 0 Å². The molecule has 1 aromatic heterocycles. The summed E-state index contributed by atoms with van der Waals surface area (Å²) in [5.74, 6) is -0.0630. The zero-order valence-electron chi connectivity index (χ0n) is 7.76. The van der Waals surface area contributed by atoms with E-state index in [-0.39, 0.29) is 17.4 Å². The minimum absolute atomic E-state index is 0.195. The van der Waals surface area contributed by atoms with Gasteiger partial charge in [0.2, 0.25) is 11.9 Å². The Labute approximate surface area is 75.2 Å². The molecule has 0 aliphatic rings. The monoisotopic (exact) mass is 181 g/mol. The van der Waals surface area contributed by atoms with Crippen molar-refractivity contribution in [1.82, 2.24) is 9.97 Å². The van der Waals surface area contributed by atoms with Crippen LogP contribution in [0.4, 0.5) is 5.95 Å². The molecule has 0 bridgehead atoms. The van der Waals surface area contributed by atoms with Crippen molar-refractivity contribution in [3.63, 3.8) is 0 Å². The summed E-state index contributed by atoms with van der Waals surface area (Å²) in [5, 5.41) is 2.41. The summed E-state index contributed by atoms with van der Waals surface area (Å²) in [5.41, 5.74) is 0.956. The molecular weight excluding hydrogens is 170 g/mol. The van der Waals surface area contributed by atoms with E-state index in [0.29, 0.717) is 11.3 Å². The Morgan fingerprint density at radius 3 is 2.54 bits per heavy atom. The molecule has 0 spiro atoms. The zero-order valence-corrected chi connectivity index (χ0v) is 7.76. The Kier molecular flexibility index (Phi) is 2.46. The van der Waals surface area contributed by atoms with Gasteiger partial charge >= 0.3 is 0 Å². The van der Waals surface area contributed by atoms with E-state index in [2.05, 4.69) is 15.3 Å². The Hall–Kier alpha value is -1.65. The topological polar surface area (TPSA) is 74.8 Å².